The third-order valence-corrected chi connectivity index (χ3v) is 4.65. The lowest BCUT2D eigenvalue weighted by atomic mass is 10.1. The van der Waals surface area contributed by atoms with E-state index in [1.807, 2.05) is 0 Å². The molecular formula is C19H17Cl2F3N2O2. The summed E-state index contributed by atoms with van der Waals surface area (Å²) in [6.45, 7) is 1.51. The van der Waals surface area contributed by atoms with Crippen LogP contribution in [0.25, 0.3) is 0 Å². The molecule has 0 aliphatic rings. The summed E-state index contributed by atoms with van der Waals surface area (Å²) in [6, 6.07) is 9.41. The highest BCUT2D eigenvalue weighted by molar-refractivity contribution is 6.42. The first kappa shape index (κ1) is 22.0. The number of halogens is 5. The molecule has 0 fully saturated rings. The van der Waals surface area contributed by atoms with Crippen LogP contribution >= 0.6 is 23.2 Å². The molecule has 2 aromatic rings. The molecule has 1 N–H and O–H groups in total. The number of para-hydroxylation sites is 1. The standard InChI is InChI=1S/C19H17Cl2F3N2O2/c1-2-26(18(28)10-12-7-8-14(20)15(21)9-12)11-17(27)25-16-6-4-3-5-13(16)19(22,23)24/h3-9H,2,10-11H2,1H3,(H,25,27). The summed E-state index contributed by atoms with van der Waals surface area (Å²) < 4.78 is 39.1. The monoisotopic (exact) mass is 432 g/mol. The highest BCUT2D eigenvalue weighted by atomic mass is 35.5. The van der Waals surface area contributed by atoms with E-state index >= 15 is 0 Å². The van der Waals surface area contributed by atoms with Crippen molar-refractivity contribution in [1.82, 2.24) is 4.90 Å². The number of carbonyl (C=O) groups excluding carboxylic acids is 2. The fraction of sp³-hybridized carbons (Fsp3) is 0.263. The Morgan fingerprint density at radius 3 is 2.36 bits per heavy atom. The number of alkyl halides is 3. The molecule has 0 bridgehead atoms. The number of anilines is 1. The fourth-order valence-corrected chi connectivity index (χ4v) is 2.84. The van der Waals surface area contributed by atoms with Crippen molar-refractivity contribution in [2.75, 3.05) is 18.4 Å². The molecule has 0 radical (unpaired) electrons. The molecule has 0 atom stereocenters. The number of nitrogens with one attached hydrogen (secondary N) is 1. The van der Waals surface area contributed by atoms with Gasteiger partial charge in [-0.25, -0.2) is 0 Å². The first-order valence-electron chi connectivity index (χ1n) is 8.29. The van der Waals surface area contributed by atoms with Crippen molar-refractivity contribution in [3.05, 3.63) is 63.6 Å². The van der Waals surface area contributed by atoms with Crippen LogP contribution in [0, 0.1) is 0 Å². The predicted molar refractivity (Wildman–Crippen MR) is 102 cm³/mol. The van der Waals surface area contributed by atoms with Gasteiger partial charge in [0.15, 0.2) is 0 Å². The molecule has 0 spiro atoms. The quantitative estimate of drug-likeness (QED) is 0.694. The number of rotatable bonds is 6. The highest BCUT2D eigenvalue weighted by Gasteiger charge is 2.33. The molecule has 0 heterocycles. The van der Waals surface area contributed by atoms with Gasteiger partial charge in [-0.1, -0.05) is 41.4 Å². The van der Waals surface area contributed by atoms with E-state index in [2.05, 4.69) is 5.32 Å². The van der Waals surface area contributed by atoms with Gasteiger partial charge in [0, 0.05) is 6.54 Å². The summed E-state index contributed by atoms with van der Waals surface area (Å²) in [5.74, 6) is -1.08. The van der Waals surface area contributed by atoms with E-state index in [-0.39, 0.29) is 31.1 Å². The normalized spacial score (nSPS) is 11.2. The number of likely N-dealkylation sites (N-methyl/N-ethyl adjacent to an activating group) is 1. The van der Waals surface area contributed by atoms with Gasteiger partial charge >= 0.3 is 6.18 Å². The maximum absolute atomic E-state index is 13.0. The van der Waals surface area contributed by atoms with Crippen LogP contribution in [-0.4, -0.2) is 29.8 Å². The van der Waals surface area contributed by atoms with Crippen LogP contribution in [0.2, 0.25) is 10.0 Å². The van der Waals surface area contributed by atoms with Crippen LogP contribution in [-0.2, 0) is 22.2 Å². The number of benzene rings is 2. The maximum Gasteiger partial charge on any atom is 0.418 e. The maximum atomic E-state index is 13.0. The van der Waals surface area contributed by atoms with E-state index in [0.717, 1.165) is 12.1 Å². The molecule has 28 heavy (non-hydrogen) atoms. The molecule has 0 aliphatic carbocycles. The van der Waals surface area contributed by atoms with Crippen molar-refractivity contribution in [3.8, 4) is 0 Å². The predicted octanol–water partition coefficient (Wildman–Crippen LogP) is 5.04. The SMILES string of the molecule is CCN(CC(=O)Nc1ccccc1C(F)(F)F)C(=O)Cc1ccc(Cl)c(Cl)c1. The fourth-order valence-electron chi connectivity index (χ4n) is 2.51. The zero-order chi connectivity index (χ0) is 20.9. The van der Waals surface area contributed by atoms with Crippen LogP contribution in [0.4, 0.5) is 18.9 Å². The highest BCUT2D eigenvalue weighted by Crippen LogP contribution is 2.34. The average Bonchev–Trinajstić information content (AvgIpc) is 2.62. The van der Waals surface area contributed by atoms with Crippen molar-refractivity contribution in [1.29, 1.82) is 0 Å². The van der Waals surface area contributed by atoms with E-state index < -0.39 is 17.6 Å². The second-order valence-corrected chi connectivity index (χ2v) is 6.74. The van der Waals surface area contributed by atoms with Gasteiger partial charge in [0.25, 0.3) is 0 Å². The molecule has 0 saturated heterocycles. The van der Waals surface area contributed by atoms with Crippen LogP contribution < -0.4 is 5.32 Å². The summed E-state index contributed by atoms with van der Waals surface area (Å²) in [5, 5.41) is 2.88. The van der Waals surface area contributed by atoms with Gasteiger partial charge in [-0.05, 0) is 36.8 Å². The lowest BCUT2D eigenvalue weighted by Gasteiger charge is -2.21. The van der Waals surface area contributed by atoms with Crippen LogP contribution in [0.15, 0.2) is 42.5 Å². The van der Waals surface area contributed by atoms with Crippen molar-refractivity contribution in [3.63, 3.8) is 0 Å². The molecular weight excluding hydrogens is 416 g/mol. The number of hydrogen-bond donors (Lipinski definition) is 1. The molecule has 0 aliphatic heterocycles. The Kier molecular flexibility index (Phi) is 7.32. The largest absolute Gasteiger partial charge is 0.418 e. The summed E-state index contributed by atoms with van der Waals surface area (Å²) in [5.41, 5.74) is -0.692. The Labute approximate surface area is 170 Å². The van der Waals surface area contributed by atoms with Crippen molar-refractivity contribution < 1.29 is 22.8 Å². The Morgan fingerprint density at radius 1 is 1.07 bits per heavy atom. The Balaban J connectivity index is 2.05. The molecule has 2 rings (SSSR count). The molecule has 0 aromatic heterocycles. The first-order chi connectivity index (χ1) is 13.1. The number of hydrogen-bond acceptors (Lipinski definition) is 2. The lowest BCUT2D eigenvalue weighted by Crippen LogP contribution is -2.38. The first-order valence-corrected chi connectivity index (χ1v) is 9.05. The second kappa shape index (κ2) is 9.30. The molecule has 150 valence electrons. The van der Waals surface area contributed by atoms with Gasteiger partial charge < -0.3 is 10.2 Å². The van der Waals surface area contributed by atoms with E-state index in [1.165, 1.54) is 17.0 Å². The minimum Gasteiger partial charge on any atom is -0.333 e. The molecule has 0 saturated carbocycles. The third kappa shape index (κ3) is 5.87. The summed E-state index contributed by atoms with van der Waals surface area (Å²) in [6.07, 6.45) is -4.62. The molecule has 4 nitrogen and oxygen atoms in total. The minimum absolute atomic E-state index is 0.0167. The third-order valence-electron chi connectivity index (χ3n) is 3.91. The Bertz CT molecular complexity index is 872. The van der Waals surface area contributed by atoms with E-state index in [0.29, 0.717) is 15.6 Å². The topological polar surface area (TPSA) is 49.4 Å². The number of nitrogens with zero attached hydrogens (tertiary/aromatic N) is 1. The van der Waals surface area contributed by atoms with E-state index in [1.54, 1.807) is 25.1 Å². The summed E-state index contributed by atoms with van der Waals surface area (Å²) >= 11 is 11.8. The average molecular weight is 433 g/mol. The van der Waals surface area contributed by atoms with E-state index in [4.69, 9.17) is 23.2 Å². The van der Waals surface area contributed by atoms with Crippen LogP contribution in [0.3, 0.4) is 0 Å². The number of carbonyl (C=O) groups is 2. The Morgan fingerprint density at radius 2 is 1.75 bits per heavy atom. The van der Waals surface area contributed by atoms with Gasteiger partial charge in [0.2, 0.25) is 11.8 Å². The summed E-state index contributed by atoms with van der Waals surface area (Å²) in [7, 11) is 0. The van der Waals surface area contributed by atoms with Gasteiger partial charge in [-0.15, -0.1) is 0 Å². The van der Waals surface area contributed by atoms with Crippen molar-refractivity contribution >= 4 is 40.7 Å². The van der Waals surface area contributed by atoms with Crippen molar-refractivity contribution in [2.45, 2.75) is 19.5 Å². The molecule has 0 unspecified atom stereocenters. The zero-order valence-corrected chi connectivity index (χ0v) is 16.3. The van der Waals surface area contributed by atoms with Crippen LogP contribution in [0.1, 0.15) is 18.1 Å². The Hall–Kier alpha value is -2.25. The van der Waals surface area contributed by atoms with E-state index in [9.17, 15) is 22.8 Å². The second-order valence-electron chi connectivity index (χ2n) is 5.92. The zero-order valence-electron chi connectivity index (χ0n) is 14.8. The van der Waals surface area contributed by atoms with Crippen LogP contribution in [0.5, 0.6) is 0 Å². The van der Waals surface area contributed by atoms with Gasteiger partial charge in [0.05, 0.1) is 34.3 Å². The van der Waals surface area contributed by atoms with Crippen molar-refractivity contribution in [2.24, 2.45) is 0 Å². The minimum atomic E-state index is -4.60. The van der Waals surface area contributed by atoms with Gasteiger partial charge in [-0.3, -0.25) is 9.59 Å². The lowest BCUT2D eigenvalue weighted by molar-refractivity contribution is -0.137. The number of amides is 2. The molecule has 9 heteroatoms. The molecule has 2 amide bonds. The summed E-state index contributed by atoms with van der Waals surface area (Å²) in [4.78, 5) is 25.9. The smallest absolute Gasteiger partial charge is 0.333 e. The molecule has 2 aromatic carbocycles. The van der Waals surface area contributed by atoms with Gasteiger partial charge in [0.1, 0.15) is 0 Å². The van der Waals surface area contributed by atoms with Gasteiger partial charge in [-0.2, -0.15) is 13.2 Å².